The van der Waals surface area contributed by atoms with Crippen LogP contribution in [0.3, 0.4) is 0 Å². The van der Waals surface area contributed by atoms with Gasteiger partial charge in [-0.3, -0.25) is 0 Å². The lowest BCUT2D eigenvalue weighted by Crippen LogP contribution is -2.24. The molecule has 2 N–H and O–H groups in total. The van der Waals surface area contributed by atoms with E-state index in [0.29, 0.717) is 11.8 Å². The van der Waals surface area contributed by atoms with Crippen molar-refractivity contribution in [2.45, 2.75) is 25.6 Å². The van der Waals surface area contributed by atoms with Gasteiger partial charge in [0.05, 0.1) is 12.7 Å². The third-order valence-electron chi connectivity index (χ3n) is 4.39. The van der Waals surface area contributed by atoms with Crippen molar-refractivity contribution in [1.82, 2.24) is 0 Å². The van der Waals surface area contributed by atoms with E-state index in [0.717, 1.165) is 36.0 Å². The molecule has 0 bridgehead atoms. The van der Waals surface area contributed by atoms with Gasteiger partial charge < -0.3 is 15.1 Å². The second-order valence-corrected chi connectivity index (χ2v) is 6.26. The van der Waals surface area contributed by atoms with E-state index in [9.17, 15) is 5.11 Å². The number of benzene rings is 1. The zero-order chi connectivity index (χ0) is 12.7. The van der Waals surface area contributed by atoms with Crippen LogP contribution in [0, 0.1) is 11.8 Å². The van der Waals surface area contributed by atoms with E-state index in [1.54, 1.807) is 0 Å². The average molecular weight is 312 g/mol. The summed E-state index contributed by atoms with van der Waals surface area (Å²) in [4.78, 5) is 2.35. The second kappa shape index (κ2) is 4.83. The molecule has 1 aromatic carbocycles. The van der Waals surface area contributed by atoms with Gasteiger partial charge >= 0.3 is 0 Å². The van der Waals surface area contributed by atoms with Gasteiger partial charge in [-0.25, -0.2) is 0 Å². The van der Waals surface area contributed by atoms with Crippen LogP contribution in [-0.4, -0.2) is 29.4 Å². The molecule has 2 aliphatic rings. The fourth-order valence-corrected chi connectivity index (χ4v) is 3.80. The van der Waals surface area contributed by atoms with Gasteiger partial charge in [0.2, 0.25) is 0 Å². The largest absolute Gasteiger partial charge is 0.393 e. The molecule has 1 aliphatic heterocycles. The molecular weight excluding hydrogens is 294 g/mol. The predicted molar refractivity (Wildman–Crippen MR) is 74.5 cm³/mol. The molecule has 18 heavy (non-hydrogen) atoms. The Kier molecular flexibility index (Phi) is 3.34. The maximum atomic E-state index is 9.93. The Labute approximate surface area is 116 Å². The first-order valence-corrected chi connectivity index (χ1v) is 7.30. The number of aliphatic hydroxyl groups is 2. The van der Waals surface area contributed by atoms with Crippen LogP contribution in [0.1, 0.15) is 18.4 Å². The van der Waals surface area contributed by atoms with Gasteiger partial charge in [-0.1, -0.05) is 22.0 Å². The van der Waals surface area contributed by atoms with Crippen molar-refractivity contribution in [3.63, 3.8) is 0 Å². The molecule has 0 radical (unpaired) electrons. The van der Waals surface area contributed by atoms with E-state index in [-0.39, 0.29) is 12.7 Å². The summed E-state index contributed by atoms with van der Waals surface area (Å²) < 4.78 is 0.958. The molecule has 2 fully saturated rings. The molecule has 4 heteroatoms. The minimum absolute atomic E-state index is 0.0603. The maximum Gasteiger partial charge on any atom is 0.0692 e. The molecule has 1 aliphatic carbocycles. The molecule has 1 saturated heterocycles. The molecular formula is C14H18BrNO2. The first-order valence-electron chi connectivity index (χ1n) is 6.51. The predicted octanol–water partition coefficient (Wildman–Crippen LogP) is 2.15. The SMILES string of the molecule is OCc1ccc(N2CC3CCC(O)C3C2)cc1Br. The molecule has 0 aromatic heterocycles. The fraction of sp³-hybridized carbons (Fsp3) is 0.571. The summed E-state index contributed by atoms with van der Waals surface area (Å²) in [5.41, 5.74) is 2.10. The Hall–Kier alpha value is -0.580. The molecule has 3 nitrogen and oxygen atoms in total. The van der Waals surface area contributed by atoms with Gasteiger partial charge in [-0.2, -0.15) is 0 Å². The number of anilines is 1. The van der Waals surface area contributed by atoms with Crippen LogP contribution in [0.4, 0.5) is 5.69 Å². The van der Waals surface area contributed by atoms with Gasteiger partial charge in [0.25, 0.3) is 0 Å². The number of nitrogens with zero attached hydrogens (tertiary/aromatic N) is 1. The second-order valence-electron chi connectivity index (χ2n) is 5.41. The number of hydrogen-bond donors (Lipinski definition) is 2. The van der Waals surface area contributed by atoms with Crippen LogP contribution in [0.25, 0.3) is 0 Å². The van der Waals surface area contributed by atoms with Crippen molar-refractivity contribution >= 4 is 21.6 Å². The fourth-order valence-electron chi connectivity index (χ4n) is 3.31. The molecule has 3 atom stereocenters. The van der Waals surface area contributed by atoms with Crippen molar-refractivity contribution in [3.8, 4) is 0 Å². The van der Waals surface area contributed by atoms with E-state index in [2.05, 4.69) is 33.0 Å². The smallest absolute Gasteiger partial charge is 0.0692 e. The van der Waals surface area contributed by atoms with E-state index in [1.807, 2.05) is 6.07 Å². The molecule has 1 saturated carbocycles. The summed E-state index contributed by atoms with van der Waals surface area (Å²) in [6.07, 6.45) is 2.01. The highest BCUT2D eigenvalue weighted by molar-refractivity contribution is 9.10. The highest BCUT2D eigenvalue weighted by Crippen LogP contribution is 2.40. The quantitative estimate of drug-likeness (QED) is 0.879. The van der Waals surface area contributed by atoms with Gasteiger partial charge in [0, 0.05) is 29.2 Å². The van der Waals surface area contributed by atoms with Crippen LogP contribution in [0.2, 0.25) is 0 Å². The number of aliphatic hydroxyl groups excluding tert-OH is 2. The molecule has 1 aromatic rings. The van der Waals surface area contributed by atoms with Crippen molar-refractivity contribution in [3.05, 3.63) is 28.2 Å². The average Bonchev–Trinajstić information content (AvgIpc) is 2.92. The van der Waals surface area contributed by atoms with Gasteiger partial charge in [0.1, 0.15) is 0 Å². The third-order valence-corrected chi connectivity index (χ3v) is 5.13. The molecule has 1 heterocycles. The Morgan fingerprint density at radius 2 is 2.11 bits per heavy atom. The van der Waals surface area contributed by atoms with Crippen LogP contribution in [0.5, 0.6) is 0 Å². The molecule has 3 rings (SSSR count). The Balaban J connectivity index is 1.79. The van der Waals surface area contributed by atoms with Crippen LogP contribution in [0.15, 0.2) is 22.7 Å². The van der Waals surface area contributed by atoms with Gasteiger partial charge in [-0.05, 0) is 36.5 Å². The van der Waals surface area contributed by atoms with Crippen LogP contribution in [-0.2, 0) is 6.61 Å². The minimum atomic E-state index is -0.111. The molecule has 3 unspecified atom stereocenters. The Morgan fingerprint density at radius 1 is 1.28 bits per heavy atom. The van der Waals surface area contributed by atoms with E-state index >= 15 is 0 Å². The maximum absolute atomic E-state index is 9.93. The third kappa shape index (κ3) is 2.06. The molecule has 0 amide bonds. The zero-order valence-corrected chi connectivity index (χ0v) is 11.8. The van der Waals surface area contributed by atoms with Crippen molar-refractivity contribution in [1.29, 1.82) is 0 Å². The van der Waals surface area contributed by atoms with Crippen molar-refractivity contribution in [2.24, 2.45) is 11.8 Å². The Morgan fingerprint density at radius 3 is 2.78 bits per heavy atom. The monoisotopic (exact) mass is 311 g/mol. The summed E-state index contributed by atoms with van der Waals surface area (Å²) in [5, 5.41) is 19.1. The van der Waals surface area contributed by atoms with Gasteiger partial charge in [0.15, 0.2) is 0 Å². The van der Waals surface area contributed by atoms with Crippen molar-refractivity contribution in [2.75, 3.05) is 18.0 Å². The molecule has 98 valence electrons. The summed E-state index contributed by atoms with van der Waals surface area (Å²) in [5.74, 6) is 1.09. The lowest BCUT2D eigenvalue weighted by Gasteiger charge is -2.21. The lowest BCUT2D eigenvalue weighted by atomic mass is 10.00. The van der Waals surface area contributed by atoms with Crippen LogP contribution >= 0.6 is 15.9 Å². The standard InChI is InChI=1S/C14H18BrNO2/c15-13-5-11(3-1-10(13)8-17)16-6-9-2-4-14(18)12(9)7-16/h1,3,5,9,12,14,17-18H,2,4,6-8H2. The number of hydrogen-bond acceptors (Lipinski definition) is 3. The summed E-state index contributed by atoms with van der Waals surface area (Å²) in [6.45, 7) is 2.06. The number of rotatable bonds is 2. The van der Waals surface area contributed by atoms with E-state index in [4.69, 9.17) is 5.11 Å². The summed E-state index contributed by atoms with van der Waals surface area (Å²) in [7, 11) is 0. The van der Waals surface area contributed by atoms with E-state index in [1.165, 1.54) is 5.69 Å². The van der Waals surface area contributed by atoms with Crippen molar-refractivity contribution < 1.29 is 10.2 Å². The zero-order valence-electron chi connectivity index (χ0n) is 10.2. The van der Waals surface area contributed by atoms with Gasteiger partial charge in [-0.15, -0.1) is 0 Å². The normalized spacial score (nSPS) is 30.8. The minimum Gasteiger partial charge on any atom is -0.393 e. The first-order chi connectivity index (χ1) is 8.69. The number of halogens is 1. The topological polar surface area (TPSA) is 43.7 Å². The Bertz CT molecular complexity index is 451. The summed E-state index contributed by atoms with van der Waals surface area (Å²) in [6, 6.07) is 6.09. The number of fused-ring (bicyclic) bond motifs is 1. The highest BCUT2D eigenvalue weighted by Gasteiger charge is 2.41. The molecule has 0 spiro atoms. The lowest BCUT2D eigenvalue weighted by molar-refractivity contribution is 0.133. The van der Waals surface area contributed by atoms with E-state index < -0.39 is 0 Å². The summed E-state index contributed by atoms with van der Waals surface area (Å²) >= 11 is 3.49. The first kappa shape index (κ1) is 12.5. The highest BCUT2D eigenvalue weighted by atomic mass is 79.9. The van der Waals surface area contributed by atoms with Crippen LogP contribution < -0.4 is 4.90 Å².